The largest absolute Gasteiger partial charge is 0.490 e. The number of carboxylic acids is 2. The van der Waals surface area contributed by atoms with Crippen molar-refractivity contribution in [1.82, 2.24) is 20.7 Å². The van der Waals surface area contributed by atoms with Crippen LogP contribution in [0.5, 0.6) is 5.75 Å². The number of hydroxylamine groups is 1. The molecule has 0 bridgehead atoms. The first-order chi connectivity index (χ1) is 22.4. The number of amides is 2. The van der Waals surface area contributed by atoms with E-state index in [-0.39, 0.29) is 5.91 Å². The summed E-state index contributed by atoms with van der Waals surface area (Å²) >= 11 is 0. The number of para-hydroxylation sites is 1. The van der Waals surface area contributed by atoms with Crippen molar-refractivity contribution < 1.29 is 65.7 Å². The van der Waals surface area contributed by atoms with Crippen LogP contribution in [-0.2, 0) is 21.0 Å². The molecule has 2 aromatic carbocycles. The lowest BCUT2D eigenvalue weighted by atomic mass is 10.0. The number of nitrogens with zero attached hydrogens (tertiary/aromatic N) is 2. The van der Waals surface area contributed by atoms with E-state index < -0.39 is 42.2 Å². The number of aromatic nitrogens is 1. The third-order valence-electron chi connectivity index (χ3n) is 6.40. The van der Waals surface area contributed by atoms with Gasteiger partial charge in [-0.2, -0.15) is 26.3 Å². The van der Waals surface area contributed by atoms with Crippen molar-refractivity contribution in [2.45, 2.75) is 31.9 Å². The summed E-state index contributed by atoms with van der Waals surface area (Å²) < 4.78 is 69.4. The minimum Gasteiger partial charge on any atom is -0.489 e. The molecule has 48 heavy (non-hydrogen) atoms. The third-order valence-corrected chi connectivity index (χ3v) is 6.40. The fraction of sp³-hybridized carbons (Fsp3) is 0.300. The lowest BCUT2D eigenvalue weighted by Crippen LogP contribution is -2.45. The molecule has 0 saturated carbocycles. The summed E-state index contributed by atoms with van der Waals surface area (Å²) in [7, 11) is 0. The summed E-state index contributed by atoms with van der Waals surface area (Å²) in [5.74, 6) is -3.80. The van der Waals surface area contributed by atoms with E-state index in [1.54, 1.807) is 29.7 Å². The maximum absolute atomic E-state index is 12.8. The molecule has 1 fully saturated rings. The number of ether oxygens (including phenoxy) is 1. The Hall–Kier alpha value is -5.41. The van der Waals surface area contributed by atoms with E-state index in [4.69, 9.17) is 36.2 Å². The zero-order valence-electron chi connectivity index (χ0n) is 24.8. The van der Waals surface area contributed by atoms with Gasteiger partial charge >= 0.3 is 24.3 Å². The van der Waals surface area contributed by atoms with Crippen LogP contribution in [0.4, 0.5) is 26.3 Å². The highest BCUT2D eigenvalue weighted by molar-refractivity contribution is 5.95. The average Bonchev–Trinajstić information content (AvgIpc) is 3.41. The zero-order chi connectivity index (χ0) is 36.2. The van der Waals surface area contributed by atoms with Crippen molar-refractivity contribution in [3.05, 3.63) is 71.4 Å². The number of hydrogen-bond donors (Lipinski definition) is 5. The van der Waals surface area contributed by atoms with E-state index >= 15 is 0 Å². The number of carboxylic acid groups (broad SMARTS) is 2. The Bertz CT molecular complexity index is 1620. The Labute approximate surface area is 268 Å². The number of terminal acetylenes is 1. The Balaban J connectivity index is 0.000000479. The van der Waals surface area contributed by atoms with E-state index in [0.717, 1.165) is 22.2 Å². The molecule has 0 aliphatic carbocycles. The van der Waals surface area contributed by atoms with Crippen LogP contribution >= 0.6 is 0 Å². The van der Waals surface area contributed by atoms with Crippen LogP contribution in [0.3, 0.4) is 0 Å². The highest BCUT2D eigenvalue weighted by Gasteiger charge is 2.39. The summed E-state index contributed by atoms with van der Waals surface area (Å²) in [5, 5.41) is 27.2. The SMILES string of the molecule is C#CCN1C[C@H](C(=O)NO)[C@H](NC(=O)c2ccc(OCc3cc(C)nc4ccccc34)cc2)C1.O=C(O)C(F)(F)F.O=C(O)C(F)(F)F. The molecule has 1 saturated heterocycles. The molecule has 2 amide bonds. The number of aryl methyl sites for hydroxylation is 1. The van der Waals surface area contributed by atoms with Gasteiger partial charge in [0.05, 0.1) is 24.0 Å². The first-order valence-electron chi connectivity index (χ1n) is 13.5. The van der Waals surface area contributed by atoms with Crippen molar-refractivity contribution >= 4 is 34.7 Å². The molecule has 0 radical (unpaired) electrons. The normalized spacial score (nSPS) is 15.9. The van der Waals surface area contributed by atoms with Crippen molar-refractivity contribution in [1.29, 1.82) is 0 Å². The maximum Gasteiger partial charge on any atom is 0.490 e. The van der Waals surface area contributed by atoms with Gasteiger partial charge in [0.25, 0.3) is 5.91 Å². The summed E-state index contributed by atoms with van der Waals surface area (Å²) in [4.78, 5) is 49.0. The summed E-state index contributed by atoms with van der Waals surface area (Å²) in [6.07, 6.45) is -4.80. The van der Waals surface area contributed by atoms with Crippen LogP contribution in [0.25, 0.3) is 10.9 Å². The molecule has 258 valence electrons. The lowest BCUT2D eigenvalue weighted by Gasteiger charge is -2.18. The first kappa shape index (κ1) is 38.8. The van der Waals surface area contributed by atoms with Crippen molar-refractivity contribution in [2.24, 2.45) is 5.92 Å². The molecule has 1 aromatic heterocycles. The van der Waals surface area contributed by atoms with Gasteiger partial charge in [0.15, 0.2) is 0 Å². The third kappa shape index (κ3) is 11.7. The van der Waals surface area contributed by atoms with E-state index in [9.17, 15) is 35.9 Å². The number of rotatable bonds is 7. The Morgan fingerprint density at radius 2 is 1.54 bits per heavy atom. The average molecular weight is 687 g/mol. The molecule has 18 heteroatoms. The number of hydrogen-bond acceptors (Lipinski definition) is 8. The van der Waals surface area contributed by atoms with E-state index in [0.29, 0.717) is 37.6 Å². The van der Waals surface area contributed by atoms with Crippen molar-refractivity contribution in [2.75, 3.05) is 19.6 Å². The number of likely N-dealkylation sites (tertiary alicyclic amines) is 1. The van der Waals surface area contributed by atoms with Gasteiger partial charge in [-0.25, -0.2) is 15.1 Å². The molecule has 0 unspecified atom stereocenters. The van der Waals surface area contributed by atoms with Gasteiger partial charge in [0.2, 0.25) is 5.91 Å². The summed E-state index contributed by atoms with van der Waals surface area (Å²) in [6.45, 7) is 3.47. The lowest BCUT2D eigenvalue weighted by molar-refractivity contribution is -0.193. The number of aliphatic carboxylic acids is 2. The van der Waals surface area contributed by atoms with Crippen LogP contribution in [0.2, 0.25) is 0 Å². The predicted molar refractivity (Wildman–Crippen MR) is 155 cm³/mol. The summed E-state index contributed by atoms with van der Waals surface area (Å²) in [5.41, 5.74) is 5.00. The molecular weight excluding hydrogens is 658 g/mol. The molecule has 2 heterocycles. The monoisotopic (exact) mass is 686 g/mol. The molecule has 12 nitrogen and oxygen atoms in total. The first-order valence-corrected chi connectivity index (χ1v) is 13.5. The molecule has 3 aromatic rings. The Morgan fingerprint density at radius 1 is 0.979 bits per heavy atom. The van der Waals surface area contributed by atoms with Gasteiger partial charge in [-0.1, -0.05) is 24.1 Å². The molecular formula is C30H28F6N4O8. The molecule has 2 atom stereocenters. The smallest absolute Gasteiger partial charge is 0.489 e. The number of carbonyl (C=O) groups excluding carboxylic acids is 2. The van der Waals surface area contributed by atoms with Crippen LogP contribution in [0, 0.1) is 25.2 Å². The second-order valence-corrected chi connectivity index (χ2v) is 9.92. The number of fused-ring (bicyclic) bond motifs is 1. The number of benzene rings is 2. The number of pyridine rings is 1. The Morgan fingerprint density at radius 3 is 2.06 bits per heavy atom. The van der Waals surface area contributed by atoms with Gasteiger partial charge in [-0.15, -0.1) is 6.42 Å². The van der Waals surface area contributed by atoms with Gasteiger partial charge in [0, 0.05) is 35.3 Å². The van der Waals surface area contributed by atoms with E-state index in [2.05, 4.69) is 16.2 Å². The topological polar surface area (TPSA) is 178 Å². The molecule has 5 N–H and O–H groups in total. The number of alkyl halides is 6. The minimum absolute atomic E-state index is 0.314. The van der Waals surface area contributed by atoms with Crippen LogP contribution in [-0.4, -0.2) is 87.1 Å². The number of halogens is 6. The number of nitrogens with one attached hydrogen (secondary N) is 2. The zero-order valence-corrected chi connectivity index (χ0v) is 24.8. The Kier molecular flexibility index (Phi) is 13.7. The molecule has 1 aliphatic rings. The second-order valence-electron chi connectivity index (χ2n) is 9.92. The highest BCUT2D eigenvalue weighted by atomic mass is 19.4. The number of carbonyl (C=O) groups is 4. The van der Waals surface area contributed by atoms with Crippen LogP contribution in [0.15, 0.2) is 54.6 Å². The highest BCUT2D eigenvalue weighted by Crippen LogP contribution is 2.22. The maximum atomic E-state index is 12.8. The van der Waals surface area contributed by atoms with Crippen LogP contribution in [0.1, 0.15) is 21.6 Å². The predicted octanol–water partition coefficient (Wildman–Crippen LogP) is 3.56. The molecule has 4 rings (SSSR count). The van der Waals surface area contributed by atoms with Gasteiger partial charge < -0.3 is 20.3 Å². The minimum atomic E-state index is -5.08. The van der Waals surface area contributed by atoms with Crippen LogP contribution < -0.4 is 15.5 Å². The quantitative estimate of drug-likeness (QED) is 0.107. The van der Waals surface area contributed by atoms with E-state index in [1.165, 1.54) is 0 Å². The van der Waals surface area contributed by atoms with Crippen molar-refractivity contribution in [3.8, 4) is 18.1 Å². The van der Waals surface area contributed by atoms with Gasteiger partial charge in [-0.3, -0.25) is 24.7 Å². The fourth-order valence-electron chi connectivity index (χ4n) is 4.27. The summed E-state index contributed by atoms with van der Waals surface area (Å²) in [6, 6.07) is 16.3. The fourth-order valence-corrected chi connectivity index (χ4v) is 4.27. The standard InChI is InChI=1S/C26H26N4O4.2C2HF3O2/c1-3-12-30-14-22(26(32)29-33)24(15-30)28-25(31)18-8-10-20(11-9-18)34-16-19-13-17(2)27-23-7-5-4-6-21(19)23;2*3-2(4,5)1(6)7/h1,4-11,13,22,24,33H,12,14-16H2,2H3,(H,28,31)(H,29,32);2*(H,6,7)/t22-,24+;;/m0../s1. The van der Waals surface area contributed by atoms with E-state index in [1.807, 2.05) is 42.2 Å². The van der Waals surface area contributed by atoms with Crippen molar-refractivity contribution in [3.63, 3.8) is 0 Å². The molecule has 1 aliphatic heterocycles. The second kappa shape index (κ2) is 16.9. The molecule has 0 spiro atoms. The van der Waals surface area contributed by atoms with Gasteiger partial charge in [-0.05, 0) is 43.3 Å². The van der Waals surface area contributed by atoms with Gasteiger partial charge in [0.1, 0.15) is 12.4 Å².